The molecule has 0 aromatic heterocycles. The van der Waals surface area contributed by atoms with Crippen molar-refractivity contribution in [3.63, 3.8) is 0 Å². The highest BCUT2D eigenvalue weighted by Gasteiger charge is 2.42. The largest absolute Gasteiger partial charge is 0.492 e. The van der Waals surface area contributed by atoms with Crippen molar-refractivity contribution in [2.24, 2.45) is 5.92 Å². The van der Waals surface area contributed by atoms with Crippen molar-refractivity contribution in [3.8, 4) is 5.75 Å². The number of ether oxygens (including phenoxy) is 1. The van der Waals surface area contributed by atoms with E-state index in [0.29, 0.717) is 30.5 Å². The quantitative estimate of drug-likeness (QED) is 0.784. The number of hydrogen-bond donors (Lipinski definition) is 1. The van der Waals surface area contributed by atoms with Crippen LogP contribution in [0, 0.1) is 5.92 Å². The average Bonchev–Trinajstić information content (AvgIpc) is 3.31. The Balaban J connectivity index is 1.96. The van der Waals surface area contributed by atoms with Gasteiger partial charge in [0.25, 0.3) is 0 Å². The third kappa shape index (κ3) is 3.16. The highest BCUT2D eigenvalue weighted by Crippen LogP contribution is 2.40. The van der Waals surface area contributed by atoms with E-state index in [9.17, 15) is 8.42 Å². The Morgan fingerprint density at radius 1 is 1.29 bits per heavy atom. The Morgan fingerprint density at radius 3 is 2.57 bits per heavy atom. The van der Waals surface area contributed by atoms with Crippen molar-refractivity contribution in [1.29, 1.82) is 0 Å². The van der Waals surface area contributed by atoms with E-state index in [0.717, 1.165) is 25.7 Å². The van der Waals surface area contributed by atoms with Crippen LogP contribution < -0.4 is 10.5 Å². The van der Waals surface area contributed by atoms with Crippen LogP contribution in [0.15, 0.2) is 23.1 Å². The summed E-state index contributed by atoms with van der Waals surface area (Å²) >= 11 is 0. The van der Waals surface area contributed by atoms with Gasteiger partial charge in [-0.2, -0.15) is 4.31 Å². The van der Waals surface area contributed by atoms with E-state index in [4.69, 9.17) is 10.5 Å². The molecule has 6 heteroatoms. The summed E-state index contributed by atoms with van der Waals surface area (Å²) in [5.41, 5.74) is 6.23. The summed E-state index contributed by atoms with van der Waals surface area (Å²) in [5.74, 6) is 0.921. The summed E-state index contributed by atoms with van der Waals surface area (Å²) in [4.78, 5) is 0.205. The molecule has 1 aromatic carbocycles. The first-order chi connectivity index (χ1) is 10.0. The molecule has 1 aromatic rings. The number of benzene rings is 1. The summed E-state index contributed by atoms with van der Waals surface area (Å²) in [7, 11) is -3.54. The standard InChI is InChI=1S/C15H22N2O3S/c1-2-20-14-8-5-12(16)9-15(14)21(18,19)17(13-6-7-13)10-11-3-4-11/h5,8-9,11,13H,2-4,6-7,10,16H2,1H3. The maximum absolute atomic E-state index is 13.0. The van der Waals surface area contributed by atoms with Crippen LogP contribution in [0.4, 0.5) is 5.69 Å². The van der Waals surface area contributed by atoms with Gasteiger partial charge in [0.2, 0.25) is 10.0 Å². The van der Waals surface area contributed by atoms with E-state index >= 15 is 0 Å². The highest BCUT2D eigenvalue weighted by atomic mass is 32.2. The number of hydrogen-bond acceptors (Lipinski definition) is 4. The van der Waals surface area contributed by atoms with Gasteiger partial charge in [0.05, 0.1) is 6.61 Å². The lowest BCUT2D eigenvalue weighted by Crippen LogP contribution is -2.35. The molecule has 2 aliphatic rings. The first-order valence-corrected chi connectivity index (χ1v) is 9.00. The molecular formula is C15H22N2O3S. The van der Waals surface area contributed by atoms with Gasteiger partial charge in [-0.15, -0.1) is 0 Å². The van der Waals surface area contributed by atoms with E-state index in [2.05, 4.69) is 0 Å². The second-order valence-electron chi connectivity index (χ2n) is 5.89. The van der Waals surface area contributed by atoms with Crippen molar-refractivity contribution in [3.05, 3.63) is 18.2 Å². The normalized spacial score (nSPS) is 19.0. The fourth-order valence-corrected chi connectivity index (χ4v) is 4.42. The van der Waals surface area contributed by atoms with Crippen LogP contribution in [0.3, 0.4) is 0 Å². The van der Waals surface area contributed by atoms with Crippen molar-refractivity contribution >= 4 is 15.7 Å². The number of sulfonamides is 1. The molecule has 116 valence electrons. The van der Waals surface area contributed by atoms with Crippen molar-refractivity contribution in [2.45, 2.75) is 43.5 Å². The lowest BCUT2D eigenvalue weighted by atomic mass is 10.3. The molecule has 3 rings (SSSR count). The smallest absolute Gasteiger partial charge is 0.247 e. The molecule has 2 saturated carbocycles. The fourth-order valence-electron chi connectivity index (χ4n) is 2.49. The minimum absolute atomic E-state index is 0.159. The molecule has 0 amide bonds. The predicted molar refractivity (Wildman–Crippen MR) is 81.7 cm³/mol. The molecule has 0 spiro atoms. The number of nitrogens with two attached hydrogens (primary N) is 1. The summed E-state index contributed by atoms with van der Waals surface area (Å²) in [6.45, 7) is 2.90. The van der Waals surface area contributed by atoms with Crippen molar-refractivity contribution in [1.82, 2.24) is 4.31 Å². The van der Waals surface area contributed by atoms with Gasteiger partial charge in [0, 0.05) is 18.3 Å². The fraction of sp³-hybridized carbons (Fsp3) is 0.600. The van der Waals surface area contributed by atoms with Crippen LogP contribution in [0.1, 0.15) is 32.6 Å². The maximum Gasteiger partial charge on any atom is 0.247 e. The molecule has 0 atom stereocenters. The molecule has 0 saturated heterocycles. The third-order valence-corrected chi connectivity index (χ3v) is 5.88. The van der Waals surface area contributed by atoms with Crippen LogP contribution in [-0.2, 0) is 10.0 Å². The first-order valence-electron chi connectivity index (χ1n) is 7.56. The van der Waals surface area contributed by atoms with Gasteiger partial charge in [0.15, 0.2) is 0 Å². The Bertz CT molecular complexity index is 622. The summed E-state index contributed by atoms with van der Waals surface area (Å²) in [6.07, 6.45) is 4.18. The minimum Gasteiger partial charge on any atom is -0.492 e. The number of nitrogen functional groups attached to an aromatic ring is 1. The molecular weight excluding hydrogens is 288 g/mol. The van der Waals surface area contributed by atoms with Crippen molar-refractivity contribution in [2.75, 3.05) is 18.9 Å². The molecule has 2 N–H and O–H groups in total. The summed E-state index contributed by atoms with van der Waals surface area (Å²) in [5, 5.41) is 0. The molecule has 5 nitrogen and oxygen atoms in total. The Kier molecular flexibility index (Phi) is 3.84. The SMILES string of the molecule is CCOc1ccc(N)cc1S(=O)(=O)N(CC1CC1)C1CC1. The summed E-state index contributed by atoms with van der Waals surface area (Å²) < 4.78 is 33.2. The van der Waals surface area contributed by atoms with E-state index in [-0.39, 0.29) is 10.9 Å². The number of nitrogens with zero attached hydrogens (tertiary/aromatic N) is 1. The lowest BCUT2D eigenvalue weighted by molar-refractivity contribution is 0.327. The number of anilines is 1. The zero-order valence-electron chi connectivity index (χ0n) is 12.3. The topological polar surface area (TPSA) is 72.6 Å². The van der Waals surface area contributed by atoms with Crippen LogP contribution in [0.2, 0.25) is 0 Å². The Hall–Kier alpha value is -1.27. The van der Waals surface area contributed by atoms with E-state index < -0.39 is 10.0 Å². The van der Waals surface area contributed by atoms with Crippen molar-refractivity contribution < 1.29 is 13.2 Å². The molecule has 0 aliphatic heterocycles. The van der Waals surface area contributed by atoms with E-state index in [1.54, 1.807) is 16.4 Å². The van der Waals surface area contributed by atoms with E-state index in [1.165, 1.54) is 6.07 Å². The monoisotopic (exact) mass is 310 g/mol. The molecule has 2 aliphatic carbocycles. The second-order valence-corrected chi connectivity index (χ2v) is 7.75. The minimum atomic E-state index is -3.54. The molecule has 0 bridgehead atoms. The molecule has 0 heterocycles. The van der Waals surface area contributed by atoms with Gasteiger partial charge < -0.3 is 10.5 Å². The van der Waals surface area contributed by atoms with Gasteiger partial charge in [-0.1, -0.05) is 0 Å². The van der Waals surface area contributed by atoms with Crippen LogP contribution in [-0.4, -0.2) is 31.9 Å². The van der Waals surface area contributed by atoms with Crippen LogP contribution >= 0.6 is 0 Å². The van der Waals surface area contributed by atoms with Gasteiger partial charge in [-0.05, 0) is 56.7 Å². The number of rotatable bonds is 7. The molecule has 0 radical (unpaired) electrons. The van der Waals surface area contributed by atoms with Gasteiger partial charge in [0.1, 0.15) is 10.6 Å². The first kappa shape index (κ1) is 14.7. The lowest BCUT2D eigenvalue weighted by Gasteiger charge is -2.23. The Labute approximate surface area is 126 Å². The average molecular weight is 310 g/mol. The van der Waals surface area contributed by atoms with Crippen LogP contribution in [0.5, 0.6) is 5.75 Å². The molecule has 21 heavy (non-hydrogen) atoms. The predicted octanol–water partition coefficient (Wildman–Crippen LogP) is 2.23. The molecule has 0 unspecified atom stereocenters. The van der Waals surface area contributed by atoms with Gasteiger partial charge in [-0.3, -0.25) is 0 Å². The van der Waals surface area contributed by atoms with E-state index in [1.807, 2.05) is 6.92 Å². The Morgan fingerprint density at radius 2 is 2.00 bits per heavy atom. The van der Waals surface area contributed by atoms with Gasteiger partial charge >= 0.3 is 0 Å². The summed E-state index contributed by atoms with van der Waals surface area (Å²) in [6, 6.07) is 5.00. The highest BCUT2D eigenvalue weighted by molar-refractivity contribution is 7.89. The maximum atomic E-state index is 13.0. The zero-order chi connectivity index (χ0) is 15.0. The van der Waals surface area contributed by atoms with Crippen LogP contribution in [0.25, 0.3) is 0 Å². The zero-order valence-corrected chi connectivity index (χ0v) is 13.1. The molecule has 2 fully saturated rings. The van der Waals surface area contributed by atoms with Gasteiger partial charge in [-0.25, -0.2) is 8.42 Å². The second kappa shape index (κ2) is 5.50. The third-order valence-electron chi connectivity index (χ3n) is 3.94.